The summed E-state index contributed by atoms with van der Waals surface area (Å²) in [5, 5.41) is 0. The first-order chi connectivity index (χ1) is 8.50. The fourth-order valence-corrected chi connectivity index (χ4v) is 1.90. The van der Waals surface area contributed by atoms with Crippen LogP contribution in [-0.2, 0) is 22.2 Å². The van der Waals surface area contributed by atoms with Crippen molar-refractivity contribution in [3.63, 3.8) is 0 Å². The molecule has 1 aromatic carbocycles. The summed E-state index contributed by atoms with van der Waals surface area (Å²) in [6.07, 6.45) is 0.274. The van der Waals surface area contributed by atoms with Gasteiger partial charge in [0.25, 0.3) is 0 Å². The van der Waals surface area contributed by atoms with E-state index in [0.29, 0.717) is 6.61 Å². The zero-order valence-corrected chi connectivity index (χ0v) is 13.9. The van der Waals surface area contributed by atoms with Crippen LogP contribution in [0, 0.1) is 0 Å². The molecule has 0 radical (unpaired) electrons. The minimum Gasteiger partial charge on any atom is -0.374 e. The zero-order chi connectivity index (χ0) is 14.8. The minimum atomic E-state index is 0.174. The third-order valence-electron chi connectivity index (χ3n) is 3.31. The molecule has 0 bridgehead atoms. The zero-order valence-electron chi connectivity index (χ0n) is 13.9. The molecule has 1 aromatic rings. The number of rotatable bonds is 3. The van der Waals surface area contributed by atoms with Gasteiger partial charge in [0.15, 0.2) is 0 Å². The molecule has 1 rings (SSSR count). The maximum absolute atomic E-state index is 5.76. The van der Waals surface area contributed by atoms with Gasteiger partial charge in [-0.3, -0.25) is 0 Å². The molecule has 0 aliphatic heterocycles. The van der Waals surface area contributed by atoms with Crippen molar-refractivity contribution in [1.29, 1.82) is 0 Å². The Bertz CT molecular complexity index is 384. The summed E-state index contributed by atoms with van der Waals surface area (Å²) < 4.78 is 5.76. The van der Waals surface area contributed by atoms with Crippen molar-refractivity contribution in [3.05, 3.63) is 34.9 Å². The van der Waals surface area contributed by atoms with Gasteiger partial charge in [0.2, 0.25) is 0 Å². The molecule has 1 nitrogen and oxygen atoms in total. The summed E-state index contributed by atoms with van der Waals surface area (Å²) in [6, 6.07) is 6.92. The van der Waals surface area contributed by atoms with E-state index in [2.05, 4.69) is 73.6 Å². The molecular weight excluding hydrogens is 232 g/mol. The Kier molecular flexibility index (Phi) is 4.84. The highest BCUT2D eigenvalue weighted by Crippen LogP contribution is 2.30. The molecule has 0 atom stereocenters. The Balaban J connectivity index is 3.17. The topological polar surface area (TPSA) is 9.23 Å². The molecule has 0 saturated carbocycles. The fourth-order valence-electron chi connectivity index (χ4n) is 1.90. The average Bonchev–Trinajstić information content (AvgIpc) is 2.23. The van der Waals surface area contributed by atoms with Crippen LogP contribution < -0.4 is 0 Å². The van der Waals surface area contributed by atoms with Crippen molar-refractivity contribution in [2.45, 2.75) is 78.9 Å². The summed E-state index contributed by atoms with van der Waals surface area (Å²) in [5.41, 5.74) is 4.41. The standard InChI is InChI=1S/C18H30O/c1-13(2)19-12-14-9-15(17(3,4)5)11-16(10-14)18(6,7)8/h9-11,13H,12H2,1-8H3. The average molecular weight is 262 g/mol. The summed E-state index contributed by atoms with van der Waals surface area (Å²) in [7, 11) is 0. The second-order valence-corrected chi connectivity index (χ2v) is 7.78. The van der Waals surface area contributed by atoms with Crippen LogP contribution in [0.15, 0.2) is 18.2 Å². The van der Waals surface area contributed by atoms with E-state index in [1.165, 1.54) is 16.7 Å². The van der Waals surface area contributed by atoms with Crippen molar-refractivity contribution in [3.8, 4) is 0 Å². The van der Waals surface area contributed by atoms with Crippen LogP contribution in [0.2, 0.25) is 0 Å². The molecule has 1 heteroatoms. The predicted octanol–water partition coefficient (Wildman–Crippen LogP) is 5.21. The number of hydrogen-bond acceptors (Lipinski definition) is 1. The van der Waals surface area contributed by atoms with Crippen molar-refractivity contribution in [1.82, 2.24) is 0 Å². The molecule has 0 aliphatic rings. The van der Waals surface area contributed by atoms with E-state index in [1.54, 1.807) is 0 Å². The van der Waals surface area contributed by atoms with E-state index < -0.39 is 0 Å². The first-order valence-electron chi connectivity index (χ1n) is 7.26. The molecule has 0 aromatic heterocycles. The first-order valence-corrected chi connectivity index (χ1v) is 7.26. The molecule has 0 unspecified atom stereocenters. The molecule has 0 saturated heterocycles. The van der Waals surface area contributed by atoms with E-state index >= 15 is 0 Å². The minimum absolute atomic E-state index is 0.174. The maximum atomic E-state index is 5.76. The lowest BCUT2D eigenvalue weighted by Crippen LogP contribution is -2.17. The Morgan fingerprint density at radius 1 is 0.842 bits per heavy atom. The summed E-state index contributed by atoms with van der Waals surface area (Å²) >= 11 is 0. The Labute approximate surface area is 119 Å². The lowest BCUT2D eigenvalue weighted by atomic mass is 9.79. The van der Waals surface area contributed by atoms with Crippen molar-refractivity contribution in [2.24, 2.45) is 0 Å². The fraction of sp³-hybridized carbons (Fsp3) is 0.667. The van der Waals surface area contributed by atoms with E-state index in [9.17, 15) is 0 Å². The number of ether oxygens (including phenoxy) is 1. The van der Waals surface area contributed by atoms with Crippen molar-refractivity contribution < 1.29 is 4.74 Å². The lowest BCUT2D eigenvalue weighted by molar-refractivity contribution is 0.0656. The maximum Gasteiger partial charge on any atom is 0.0720 e. The molecule has 108 valence electrons. The van der Waals surface area contributed by atoms with Gasteiger partial charge in [0, 0.05) is 0 Å². The van der Waals surface area contributed by atoms with Gasteiger partial charge >= 0.3 is 0 Å². The van der Waals surface area contributed by atoms with Gasteiger partial charge in [-0.05, 0) is 41.4 Å². The largest absolute Gasteiger partial charge is 0.374 e. The third kappa shape index (κ3) is 4.99. The monoisotopic (exact) mass is 262 g/mol. The highest BCUT2D eigenvalue weighted by molar-refractivity contribution is 5.37. The molecule has 0 heterocycles. The second kappa shape index (κ2) is 5.66. The molecule has 0 fully saturated rings. The molecular formula is C18H30O. The highest BCUT2D eigenvalue weighted by atomic mass is 16.5. The molecule has 19 heavy (non-hydrogen) atoms. The van der Waals surface area contributed by atoms with Crippen molar-refractivity contribution in [2.75, 3.05) is 0 Å². The van der Waals surface area contributed by atoms with Crippen molar-refractivity contribution >= 4 is 0 Å². The van der Waals surface area contributed by atoms with Gasteiger partial charge in [0.1, 0.15) is 0 Å². The number of benzene rings is 1. The van der Waals surface area contributed by atoms with Gasteiger partial charge in [-0.2, -0.15) is 0 Å². The van der Waals surface area contributed by atoms with Crippen LogP contribution in [0.3, 0.4) is 0 Å². The smallest absolute Gasteiger partial charge is 0.0720 e. The van der Waals surface area contributed by atoms with E-state index in [-0.39, 0.29) is 16.9 Å². The van der Waals surface area contributed by atoms with Gasteiger partial charge in [-0.15, -0.1) is 0 Å². The predicted molar refractivity (Wildman–Crippen MR) is 83.8 cm³/mol. The normalized spacial score (nSPS) is 13.1. The summed E-state index contributed by atoms with van der Waals surface area (Å²) in [6.45, 7) is 18.5. The van der Waals surface area contributed by atoms with Crippen LogP contribution in [-0.4, -0.2) is 6.10 Å². The first kappa shape index (κ1) is 16.2. The van der Waals surface area contributed by atoms with Crippen LogP contribution in [0.25, 0.3) is 0 Å². The SMILES string of the molecule is CC(C)OCc1cc(C(C)(C)C)cc(C(C)(C)C)c1. The van der Waals surface area contributed by atoms with Gasteiger partial charge < -0.3 is 4.74 Å². The van der Waals surface area contributed by atoms with E-state index in [0.717, 1.165) is 0 Å². The Morgan fingerprint density at radius 3 is 1.58 bits per heavy atom. The Hall–Kier alpha value is -0.820. The van der Waals surface area contributed by atoms with Crippen LogP contribution in [0.5, 0.6) is 0 Å². The summed E-state index contributed by atoms with van der Waals surface area (Å²) in [5.74, 6) is 0. The molecule has 0 amide bonds. The van der Waals surface area contributed by atoms with Gasteiger partial charge in [-0.1, -0.05) is 59.7 Å². The molecule has 0 spiro atoms. The van der Waals surface area contributed by atoms with E-state index in [4.69, 9.17) is 4.74 Å². The van der Waals surface area contributed by atoms with Crippen LogP contribution in [0.1, 0.15) is 72.1 Å². The van der Waals surface area contributed by atoms with Gasteiger partial charge in [-0.25, -0.2) is 0 Å². The second-order valence-electron chi connectivity index (χ2n) is 7.78. The molecule has 0 N–H and O–H groups in total. The Morgan fingerprint density at radius 2 is 1.26 bits per heavy atom. The van der Waals surface area contributed by atoms with Gasteiger partial charge in [0.05, 0.1) is 12.7 Å². The van der Waals surface area contributed by atoms with Crippen LogP contribution >= 0.6 is 0 Å². The lowest BCUT2D eigenvalue weighted by Gasteiger charge is -2.26. The third-order valence-corrected chi connectivity index (χ3v) is 3.31. The van der Waals surface area contributed by atoms with Crippen LogP contribution in [0.4, 0.5) is 0 Å². The molecule has 0 aliphatic carbocycles. The summed E-state index contributed by atoms with van der Waals surface area (Å²) in [4.78, 5) is 0. The van der Waals surface area contributed by atoms with E-state index in [1.807, 2.05) is 0 Å². The highest BCUT2D eigenvalue weighted by Gasteiger charge is 2.20. The number of hydrogen-bond donors (Lipinski definition) is 0. The quantitative estimate of drug-likeness (QED) is 0.727.